The number of nitrogens with zero attached hydrogens (tertiary/aromatic N) is 2. The third-order valence-electron chi connectivity index (χ3n) is 4.61. The summed E-state index contributed by atoms with van der Waals surface area (Å²) in [6.45, 7) is 2.84. The highest BCUT2D eigenvalue weighted by Crippen LogP contribution is 2.28. The third-order valence-corrected chi connectivity index (χ3v) is 5.19. The number of nitro benzene ring substituents is 1. The number of carbonyl (C=O) groups is 1. The Morgan fingerprint density at radius 2 is 1.93 bits per heavy atom. The summed E-state index contributed by atoms with van der Waals surface area (Å²) in [5.41, 5.74) is 0.525. The van der Waals surface area contributed by atoms with Crippen LogP contribution < -0.4 is 5.32 Å². The van der Waals surface area contributed by atoms with Crippen LogP contribution in [-0.2, 0) is 4.74 Å². The van der Waals surface area contributed by atoms with Crippen LogP contribution in [0.2, 0.25) is 10.0 Å². The molecule has 2 aromatic carbocycles. The zero-order valence-corrected chi connectivity index (χ0v) is 16.4. The Kier molecular flexibility index (Phi) is 6.85. The third kappa shape index (κ3) is 4.80. The van der Waals surface area contributed by atoms with Gasteiger partial charge in [-0.25, -0.2) is 0 Å². The van der Waals surface area contributed by atoms with Crippen LogP contribution in [-0.4, -0.2) is 48.6 Å². The molecule has 9 heteroatoms. The molecule has 0 spiro atoms. The molecule has 7 nitrogen and oxygen atoms in total. The zero-order chi connectivity index (χ0) is 20.1. The summed E-state index contributed by atoms with van der Waals surface area (Å²) in [5, 5.41) is 14.9. The van der Waals surface area contributed by atoms with Gasteiger partial charge in [-0.15, -0.1) is 0 Å². The molecule has 0 aromatic heterocycles. The summed E-state index contributed by atoms with van der Waals surface area (Å²) in [4.78, 5) is 25.5. The lowest BCUT2D eigenvalue weighted by Crippen LogP contribution is -2.44. The molecule has 28 heavy (non-hydrogen) atoms. The average molecular weight is 424 g/mol. The number of nitro groups is 1. The Bertz CT molecular complexity index is 872. The molecule has 1 N–H and O–H groups in total. The van der Waals surface area contributed by atoms with Crippen LogP contribution in [0.25, 0.3) is 0 Å². The van der Waals surface area contributed by atoms with Crippen LogP contribution in [0.1, 0.15) is 22.0 Å². The number of rotatable bonds is 6. The van der Waals surface area contributed by atoms with Gasteiger partial charge in [0.25, 0.3) is 11.6 Å². The van der Waals surface area contributed by atoms with Crippen LogP contribution in [0.3, 0.4) is 0 Å². The van der Waals surface area contributed by atoms with Crippen molar-refractivity contribution in [1.29, 1.82) is 0 Å². The molecule has 0 aliphatic carbocycles. The van der Waals surface area contributed by atoms with Crippen LogP contribution in [0.15, 0.2) is 42.5 Å². The first-order valence-electron chi connectivity index (χ1n) is 8.75. The Hall–Kier alpha value is -2.19. The normalized spacial score (nSPS) is 15.8. The second kappa shape index (κ2) is 9.34. The van der Waals surface area contributed by atoms with E-state index in [1.807, 2.05) is 18.2 Å². The van der Waals surface area contributed by atoms with Crippen LogP contribution in [0.5, 0.6) is 0 Å². The van der Waals surface area contributed by atoms with E-state index in [0.29, 0.717) is 31.3 Å². The maximum absolute atomic E-state index is 12.6. The van der Waals surface area contributed by atoms with E-state index in [0.717, 1.165) is 5.56 Å². The van der Waals surface area contributed by atoms with Crippen LogP contribution in [0, 0.1) is 10.1 Å². The van der Waals surface area contributed by atoms with Gasteiger partial charge in [-0.1, -0.05) is 41.4 Å². The standard InChI is InChI=1S/C19H19Cl2N3O4/c20-13-5-6-15(17(11-13)24(26)27)19(25)22-12-18(23-7-9-28-10-8-23)14-3-1-2-4-16(14)21/h1-6,11,18H,7-10,12H2,(H,22,25)/t18-/m1/s1. The van der Waals surface area contributed by atoms with Crippen LogP contribution >= 0.6 is 23.2 Å². The molecule has 0 radical (unpaired) electrons. The summed E-state index contributed by atoms with van der Waals surface area (Å²) in [5.74, 6) is -0.534. The zero-order valence-electron chi connectivity index (χ0n) is 14.9. The molecule has 0 unspecified atom stereocenters. The molecular weight excluding hydrogens is 405 g/mol. The van der Waals surface area contributed by atoms with Crippen molar-refractivity contribution in [3.63, 3.8) is 0 Å². The van der Waals surface area contributed by atoms with Gasteiger partial charge in [-0.05, 0) is 23.8 Å². The Morgan fingerprint density at radius 1 is 1.21 bits per heavy atom. The molecule has 0 bridgehead atoms. The van der Waals surface area contributed by atoms with Crippen molar-refractivity contribution in [3.05, 3.63) is 73.8 Å². The van der Waals surface area contributed by atoms with Gasteiger partial charge in [-0.3, -0.25) is 19.8 Å². The molecular formula is C19H19Cl2N3O4. The minimum atomic E-state index is -0.617. The van der Waals surface area contributed by atoms with Gasteiger partial charge in [0.1, 0.15) is 5.56 Å². The molecule has 0 saturated carbocycles. The molecule has 2 aromatic rings. The fourth-order valence-corrected chi connectivity index (χ4v) is 3.63. The fourth-order valence-electron chi connectivity index (χ4n) is 3.20. The summed E-state index contributed by atoms with van der Waals surface area (Å²) < 4.78 is 5.41. The SMILES string of the molecule is O=C(NC[C@H](c1ccccc1Cl)N1CCOCC1)c1ccc(Cl)cc1[N+](=O)[O-]. The number of hydrogen-bond donors (Lipinski definition) is 1. The molecule has 1 amide bonds. The second-order valence-corrected chi connectivity index (χ2v) is 7.16. The summed E-state index contributed by atoms with van der Waals surface area (Å²) in [7, 11) is 0. The Balaban J connectivity index is 1.81. The molecule has 1 heterocycles. The number of hydrogen-bond acceptors (Lipinski definition) is 5. The lowest BCUT2D eigenvalue weighted by Gasteiger charge is -2.35. The highest BCUT2D eigenvalue weighted by Gasteiger charge is 2.26. The summed E-state index contributed by atoms with van der Waals surface area (Å²) >= 11 is 12.2. The van der Waals surface area contributed by atoms with Crippen molar-refractivity contribution >= 4 is 34.8 Å². The van der Waals surface area contributed by atoms with E-state index in [2.05, 4.69) is 10.2 Å². The van der Waals surface area contributed by atoms with Crippen LogP contribution in [0.4, 0.5) is 5.69 Å². The molecule has 1 saturated heterocycles. The van der Waals surface area contributed by atoms with Gasteiger partial charge in [-0.2, -0.15) is 0 Å². The molecule has 1 atom stereocenters. The number of amides is 1. The monoisotopic (exact) mass is 423 g/mol. The minimum Gasteiger partial charge on any atom is -0.379 e. The topological polar surface area (TPSA) is 84.7 Å². The van der Waals surface area contributed by atoms with Crippen molar-refractivity contribution < 1.29 is 14.5 Å². The van der Waals surface area contributed by atoms with Gasteiger partial charge in [0.2, 0.25) is 0 Å². The average Bonchev–Trinajstić information content (AvgIpc) is 2.70. The van der Waals surface area contributed by atoms with E-state index in [1.165, 1.54) is 18.2 Å². The lowest BCUT2D eigenvalue weighted by molar-refractivity contribution is -0.385. The number of benzene rings is 2. The summed E-state index contributed by atoms with van der Waals surface area (Å²) in [6, 6.07) is 11.3. The maximum Gasteiger partial charge on any atom is 0.283 e. The number of carbonyl (C=O) groups excluding carboxylic acids is 1. The lowest BCUT2D eigenvalue weighted by atomic mass is 10.0. The number of ether oxygens (including phenoxy) is 1. The quantitative estimate of drug-likeness (QED) is 0.565. The van der Waals surface area contributed by atoms with Gasteiger partial charge in [0.05, 0.1) is 24.2 Å². The molecule has 1 fully saturated rings. The van der Waals surface area contributed by atoms with Gasteiger partial charge in [0, 0.05) is 35.7 Å². The van der Waals surface area contributed by atoms with Gasteiger partial charge < -0.3 is 10.1 Å². The van der Waals surface area contributed by atoms with Crippen molar-refractivity contribution in [2.45, 2.75) is 6.04 Å². The van der Waals surface area contributed by atoms with E-state index in [-0.39, 0.29) is 28.9 Å². The number of nitrogens with one attached hydrogen (secondary N) is 1. The largest absolute Gasteiger partial charge is 0.379 e. The number of morpholine rings is 1. The first kappa shape index (κ1) is 20.5. The van der Waals surface area contributed by atoms with E-state index in [9.17, 15) is 14.9 Å². The minimum absolute atomic E-state index is 0.0331. The van der Waals surface area contributed by atoms with E-state index >= 15 is 0 Å². The molecule has 1 aliphatic rings. The number of halogens is 2. The fraction of sp³-hybridized carbons (Fsp3) is 0.316. The summed E-state index contributed by atoms with van der Waals surface area (Å²) in [6.07, 6.45) is 0. The Labute approximate surface area is 172 Å². The first-order chi connectivity index (χ1) is 13.5. The molecule has 3 rings (SSSR count). The van der Waals surface area contributed by atoms with Crippen molar-refractivity contribution in [3.8, 4) is 0 Å². The smallest absolute Gasteiger partial charge is 0.283 e. The van der Waals surface area contributed by atoms with Crippen molar-refractivity contribution in [2.24, 2.45) is 0 Å². The highest BCUT2D eigenvalue weighted by atomic mass is 35.5. The van der Waals surface area contributed by atoms with Crippen molar-refractivity contribution in [1.82, 2.24) is 10.2 Å². The van der Waals surface area contributed by atoms with Gasteiger partial charge in [0.15, 0.2) is 0 Å². The van der Waals surface area contributed by atoms with E-state index in [1.54, 1.807) is 6.07 Å². The molecule has 148 valence electrons. The van der Waals surface area contributed by atoms with Crippen molar-refractivity contribution in [2.75, 3.05) is 32.8 Å². The van der Waals surface area contributed by atoms with E-state index in [4.69, 9.17) is 27.9 Å². The second-order valence-electron chi connectivity index (χ2n) is 6.31. The Morgan fingerprint density at radius 3 is 2.61 bits per heavy atom. The van der Waals surface area contributed by atoms with E-state index < -0.39 is 10.8 Å². The predicted molar refractivity (Wildman–Crippen MR) is 107 cm³/mol. The predicted octanol–water partition coefficient (Wildman–Crippen LogP) is 3.70. The van der Waals surface area contributed by atoms with Gasteiger partial charge >= 0.3 is 0 Å². The molecule has 1 aliphatic heterocycles. The highest BCUT2D eigenvalue weighted by molar-refractivity contribution is 6.31. The maximum atomic E-state index is 12.6. The first-order valence-corrected chi connectivity index (χ1v) is 9.51.